The largest absolute Gasteiger partial charge is 0.497 e. The van der Waals surface area contributed by atoms with E-state index in [-0.39, 0.29) is 0 Å². The molecule has 1 aliphatic heterocycles. The summed E-state index contributed by atoms with van der Waals surface area (Å²) >= 11 is 0. The molecule has 1 atom stereocenters. The van der Waals surface area contributed by atoms with Crippen molar-refractivity contribution in [2.45, 2.75) is 17.4 Å². The highest BCUT2D eigenvalue weighted by Crippen LogP contribution is 2.33. The van der Waals surface area contributed by atoms with Crippen molar-refractivity contribution in [3.8, 4) is 5.75 Å². The van der Waals surface area contributed by atoms with Crippen LogP contribution in [-0.2, 0) is 24.3 Å². The van der Waals surface area contributed by atoms with Crippen molar-refractivity contribution in [1.82, 2.24) is 9.73 Å². The van der Waals surface area contributed by atoms with Gasteiger partial charge in [-0.3, -0.25) is 9.59 Å². The van der Waals surface area contributed by atoms with Gasteiger partial charge in [0.05, 0.1) is 18.9 Å². The van der Waals surface area contributed by atoms with E-state index in [4.69, 9.17) is 9.47 Å². The highest BCUT2D eigenvalue weighted by atomic mass is 32.2. The number of nitrogens with zero attached hydrogens (tertiary/aromatic N) is 2. The summed E-state index contributed by atoms with van der Waals surface area (Å²) in [5, 5.41) is 5.68. The molecule has 0 spiro atoms. The molecule has 0 aromatic heterocycles. The van der Waals surface area contributed by atoms with Gasteiger partial charge < -0.3 is 9.47 Å². The van der Waals surface area contributed by atoms with Crippen LogP contribution in [0.2, 0.25) is 0 Å². The first-order valence-electron chi connectivity index (χ1n) is 11.4. The number of ether oxygens (including phenoxy) is 2. The Morgan fingerprint density at radius 1 is 1.00 bits per heavy atom. The van der Waals surface area contributed by atoms with E-state index in [1.165, 1.54) is 12.1 Å². The number of hydrogen-bond acceptors (Lipinski definition) is 7. The zero-order valence-electron chi connectivity index (χ0n) is 20.1. The van der Waals surface area contributed by atoms with Crippen LogP contribution in [0.25, 0.3) is 0 Å². The molecular weight excluding hydrogens is 520 g/mol. The summed E-state index contributed by atoms with van der Waals surface area (Å²) in [6.07, 6.45) is 0.407. The van der Waals surface area contributed by atoms with Gasteiger partial charge in [0.15, 0.2) is 11.5 Å². The van der Waals surface area contributed by atoms with Crippen LogP contribution in [0.15, 0.2) is 82.8 Å². The van der Waals surface area contributed by atoms with Crippen LogP contribution in [0.5, 0.6) is 5.75 Å². The third-order valence-electron chi connectivity index (χ3n) is 5.72. The molecule has 1 amide bonds. The number of methoxy groups -OCH3 is 1. The molecule has 0 unspecified atom stereocenters. The number of benzene rings is 3. The molecule has 1 N–H and O–H groups in total. The maximum absolute atomic E-state index is 13.8. The van der Waals surface area contributed by atoms with Crippen molar-refractivity contribution in [3.63, 3.8) is 0 Å². The highest BCUT2D eigenvalue weighted by Gasteiger charge is 2.33. The van der Waals surface area contributed by atoms with Crippen LogP contribution in [0.4, 0.5) is 8.78 Å². The van der Waals surface area contributed by atoms with Crippen LogP contribution in [-0.4, -0.2) is 51.3 Å². The van der Waals surface area contributed by atoms with Crippen LogP contribution in [0.1, 0.15) is 23.6 Å². The first-order chi connectivity index (χ1) is 18.2. The number of esters is 1. The van der Waals surface area contributed by atoms with E-state index in [0.29, 0.717) is 17.9 Å². The average molecular weight is 544 g/mol. The Labute approximate surface area is 217 Å². The third-order valence-corrected chi connectivity index (χ3v) is 7.18. The van der Waals surface area contributed by atoms with Gasteiger partial charge in [0.2, 0.25) is 10.0 Å². The molecule has 9 nitrogen and oxygen atoms in total. The lowest BCUT2D eigenvalue weighted by atomic mass is 9.98. The molecule has 0 saturated carbocycles. The van der Waals surface area contributed by atoms with E-state index in [1.54, 1.807) is 29.0 Å². The number of nitrogens with one attached hydrogen (secondary N) is 1. The van der Waals surface area contributed by atoms with Crippen molar-refractivity contribution in [2.24, 2.45) is 5.10 Å². The van der Waals surface area contributed by atoms with Crippen molar-refractivity contribution >= 4 is 27.6 Å². The molecule has 3 aromatic rings. The lowest BCUT2D eigenvalue weighted by molar-refractivity contribution is -0.151. The number of hydrazone groups is 1. The van der Waals surface area contributed by atoms with Gasteiger partial charge in [-0.1, -0.05) is 48.5 Å². The number of rotatable bonds is 9. The van der Waals surface area contributed by atoms with E-state index >= 15 is 0 Å². The maximum atomic E-state index is 13.8. The lowest BCUT2D eigenvalue weighted by Gasteiger charge is -2.22. The maximum Gasteiger partial charge on any atom is 0.321 e. The zero-order chi connectivity index (χ0) is 27.3. The van der Waals surface area contributed by atoms with Crippen LogP contribution >= 0.6 is 0 Å². The highest BCUT2D eigenvalue weighted by molar-refractivity contribution is 7.89. The normalized spacial score (nSPS) is 15.2. The smallest absolute Gasteiger partial charge is 0.321 e. The van der Waals surface area contributed by atoms with Crippen molar-refractivity contribution in [3.05, 3.63) is 95.6 Å². The summed E-state index contributed by atoms with van der Waals surface area (Å²) < 4.78 is 64.0. The monoisotopic (exact) mass is 543 g/mol. The average Bonchev–Trinajstić information content (AvgIpc) is 3.37. The Hall–Kier alpha value is -4.16. The van der Waals surface area contributed by atoms with E-state index in [9.17, 15) is 26.8 Å². The molecule has 4 rings (SSSR count). The minimum Gasteiger partial charge on any atom is -0.497 e. The van der Waals surface area contributed by atoms with Gasteiger partial charge in [-0.05, 0) is 35.4 Å². The summed E-state index contributed by atoms with van der Waals surface area (Å²) in [5.74, 6) is -3.75. The second-order valence-electron chi connectivity index (χ2n) is 8.18. The van der Waals surface area contributed by atoms with Gasteiger partial charge in [0.25, 0.3) is 5.91 Å². The standard InChI is InChI=1S/C26H23F2N3O6S/c1-36-19-12-10-18(11-13-19)23-14-22(17-6-3-2-4-7-17)30-31(23)24(32)16-37-25(33)15-29-38(34,35)26-20(27)8-5-9-21(26)28/h2-13,23,29H,14-16H2,1H3/t23-/m0/s1. The van der Waals surface area contributed by atoms with E-state index in [2.05, 4.69) is 5.10 Å². The molecule has 38 heavy (non-hydrogen) atoms. The fourth-order valence-corrected chi connectivity index (χ4v) is 4.96. The number of amides is 1. The minimum absolute atomic E-state index is 0.407. The molecule has 0 saturated heterocycles. The first-order valence-corrected chi connectivity index (χ1v) is 12.9. The predicted octanol–water partition coefficient (Wildman–Crippen LogP) is 3.17. The fraction of sp³-hybridized carbons (Fsp3) is 0.192. The SMILES string of the molecule is COc1ccc([C@@H]2CC(c3ccccc3)=NN2C(=O)COC(=O)CNS(=O)(=O)c2c(F)cccc2F)cc1. The van der Waals surface area contributed by atoms with Gasteiger partial charge in [-0.25, -0.2) is 22.2 Å². The predicted molar refractivity (Wildman–Crippen MR) is 133 cm³/mol. The minimum atomic E-state index is -4.69. The van der Waals surface area contributed by atoms with E-state index in [1.807, 2.05) is 30.3 Å². The third kappa shape index (κ3) is 6.03. The molecular formula is C26H23F2N3O6S. The van der Waals surface area contributed by atoms with Crippen LogP contribution < -0.4 is 9.46 Å². The molecule has 12 heteroatoms. The lowest BCUT2D eigenvalue weighted by Crippen LogP contribution is -2.35. The number of sulfonamides is 1. The van der Waals surface area contributed by atoms with Gasteiger partial charge in [-0.15, -0.1) is 0 Å². The van der Waals surface area contributed by atoms with Crippen molar-refractivity contribution in [1.29, 1.82) is 0 Å². The quantitative estimate of drug-likeness (QED) is 0.415. The summed E-state index contributed by atoms with van der Waals surface area (Å²) in [7, 11) is -3.15. The Bertz CT molecular complexity index is 1440. The van der Waals surface area contributed by atoms with Gasteiger partial charge in [-0.2, -0.15) is 9.82 Å². The van der Waals surface area contributed by atoms with Gasteiger partial charge in [0.1, 0.15) is 23.9 Å². The van der Waals surface area contributed by atoms with Crippen molar-refractivity contribution < 1.29 is 36.3 Å². The second kappa shape index (κ2) is 11.5. The summed E-state index contributed by atoms with van der Waals surface area (Å²) in [6, 6.07) is 18.5. The second-order valence-corrected chi connectivity index (χ2v) is 9.88. The van der Waals surface area contributed by atoms with Crippen LogP contribution in [0, 0.1) is 11.6 Å². The molecule has 198 valence electrons. The molecule has 0 bridgehead atoms. The topological polar surface area (TPSA) is 114 Å². The van der Waals surface area contributed by atoms with Gasteiger partial charge >= 0.3 is 5.97 Å². The molecule has 0 radical (unpaired) electrons. The number of carbonyl (C=O) groups excluding carboxylic acids is 2. The fourth-order valence-electron chi connectivity index (χ4n) is 3.86. The zero-order valence-corrected chi connectivity index (χ0v) is 21.0. The molecule has 1 aliphatic rings. The number of hydrogen-bond donors (Lipinski definition) is 1. The molecule has 0 aliphatic carbocycles. The first kappa shape index (κ1) is 26.9. The Morgan fingerprint density at radius 2 is 1.66 bits per heavy atom. The van der Waals surface area contributed by atoms with Crippen molar-refractivity contribution in [2.75, 3.05) is 20.3 Å². The van der Waals surface area contributed by atoms with E-state index < -0.39 is 57.6 Å². The van der Waals surface area contributed by atoms with Gasteiger partial charge in [0, 0.05) is 6.42 Å². The number of halogens is 2. The Kier molecular flexibility index (Phi) is 8.13. The van der Waals surface area contributed by atoms with E-state index in [0.717, 1.165) is 29.3 Å². The molecule has 1 heterocycles. The number of carbonyl (C=O) groups is 2. The summed E-state index contributed by atoms with van der Waals surface area (Å²) in [5.41, 5.74) is 2.26. The Morgan fingerprint density at radius 3 is 2.29 bits per heavy atom. The Balaban J connectivity index is 1.43. The molecule has 0 fully saturated rings. The summed E-state index contributed by atoms with van der Waals surface area (Å²) in [6.45, 7) is -1.67. The molecule has 3 aromatic carbocycles. The van der Waals surface area contributed by atoms with Crippen LogP contribution in [0.3, 0.4) is 0 Å². The summed E-state index contributed by atoms with van der Waals surface area (Å²) in [4.78, 5) is 24.0.